The second kappa shape index (κ2) is 11.0. The van der Waals surface area contributed by atoms with Gasteiger partial charge in [0.15, 0.2) is 0 Å². The summed E-state index contributed by atoms with van der Waals surface area (Å²) in [6, 6.07) is 16.0. The van der Waals surface area contributed by atoms with E-state index in [1.165, 1.54) is 25.7 Å². The number of halogens is 5. The minimum atomic E-state index is -5.08. The molecule has 0 fully saturated rings. The van der Waals surface area contributed by atoms with Gasteiger partial charge in [-0.3, -0.25) is 0 Å². The van der Waals surface area contributed by atoms with E-state index in [1.807, 2.05) is 24.3 Å². The van der Waals surface area contributed by atoms with Gasteiger partial charge in [0, 0.05) is 23.0 Å². The van der Waals surface area contributed by atoms with Crippen LogP contribution in [0.15, 0.2) is 48.5 Å². The number of carboxylic acid groups (broad SMARTS) is 1. The Balaban J connectivity index is 0.000000383. The minimum Gasteiger partial charge on any atom is -0.475 e. The number of aryl methyl sites for hydroxylation is 1. The second-order valence-electron chi connectivity index (χ2n) is 7.63. The first-order valence-electron chi connectivity index (χ1n) is 10.4. The van der Waals surface area contributed by atoms with Crippen LogP contribution in [0.3, 0.4) is 0 Å². The van der Waals surface area contributed by atoms with Gasteiger partial charge in [0.25, 0.3) is 0 Å². The monoisotopic (exact) mass is 499 g/mol. The Morgan fingerprint density at radius 1 is 0.879 bits per heavy atom. The highest BCUT2D eigenvalue weighted by molar-refractivity contribution is 6.30. The van der Waals surface area contributed by atoms with Crippen molar-refractivity contribution in [2.75, 3.05) is 0 Å². The van der Waals surface area contributed by atoms with Gasteiger partial charge in [-0.05, 0) is 48.2 Å². The number of fused-ring (bicyclic) bond motifs is 1. The number of rotatable bonds is 3. The van der Waals surface area contributed by atoms with Crippen molar-refractivity contribution in [3.63, 3.8) is 0 Å². The first kappa shape index (κ1) is 25.1. The highest BCUT2D eigenvalue weighted by Crippen LogP contribution is 2.33. The fourth-order valence-electron chi connectivity index (χ4n) is 3.70. The van der Waals surface area contributed by atoms with Crippen LogP contribution in [0.1, 0.15) is 54.4 Å². The predicted molar refractivity (Wildman–Crippen MR) is 120 cm³/mol. The molecule has 0 spiro atoms. The Kier molecular flexibility index (Phi) is 8.37. The maximum atomic E-state index is 10.6. The molecule has 2 heterocycles. The van der Waals surface area contributed by atoms with Crippen LogP contribution in [0.5, 0.6) is 0 Å². The zero-order valence-electron chi connectivity index (χ0n) is 17.5. The van der Waals surface area contributed by atoms with E-state index in [1.54, 1.807) is 0 Å². The SMILES string of the molecule is Clc1ccc(C(c2ccc(Cl)cc2)c2nnc3n2CCCCCC3)cc1.O=C(O)C(F)(F)F. The summed E-state index contributed by atoms with van der Waals surface area (Å²) in [5.74, 6) is -0.628. The van der Waals surface area contributed by atoms with Crippen LogP contribution in [0.25, 0.3) is 0 Å². The fraction of sp³-hybridized carbons (Fsp3) is 0.348. The summed E-state index contributed by atoms with van der Waals surface area (Å²) in [5.41, 5.74) is 2.32. The second-order valence-corrected chi connectivity index (χ2v) is 8.50. The van der Waals surface area contributed by atoms with Crippen molar-refractivity contribution >= 4 is 29.2 Å². The number of nitrogens with zero attached hydrogens (tertiary/aromatic N) is 3. The smallest absolute Gasteiger partial charge is 0.475 e. The lowest BCUT2D eigenvalue weighted by atomic mass is 9.90. The molecule has 0 radical (unpaired) electrons. The standard InChI is InChI=1S/C21H21Cl2N3.C2HF3O2/c22-17-10-6-15(7-11-17)20(16-8-12-18(23)13-9-16)21-25-24-19-5-3-1-2-4-14-26(19)21;3-2(4,5)1(6)7/h6-13,20H,1-5,14H2;(H,6,7). The highest BCUT2D eigenvalue weighted by Gasteiger charge is 2.38. The maximum absolute atomic E-state index is 10.6. The van der Waals surface area contributed by atoms with Crippen LogP contribution < -0.4 is 0 Å². The molecule has 0 atom stereocenters. The van der Waals surface area contributed by atoms with Crippen LogP contribution in [0.4, 0.5) is 13.2 Å². The fourth-order valence-corrected chi connectivity index (χ4v) is 3.95. The number of alkyl halides is 3. The van der Waals surface area contributed by atoms with E-state index in [9.17, 15) is 13.2 Å². The molecular formula is C23H22Cl2F3N3O2. The van der Waals surface area contributed by atoms with Crippen molar-refractivity contribution in [2.24, 2.45) is 0 Å². The summed E-state index contributed by atoms with van der Waals surface area (Å²) in [7, 11) is 0. The number of hydrogen-bond acceptors (Lipinski definition) is 3. The Hall–Kier alpha value is -2.58. The molecule has 1 N–H and O–H groups in total. The van der Waals surface area contributed by atoms with Crippen molar-refractivity contribution in [3.8, 4) is 0 Å². The van der Waals surface area contributed by atoms with E-state index in [0.29, 0.717) is 0 Å². The maximum Gasteiger partial charge on any atom is 0.490 e. The zero-order valence-corrected chi connectivity index (χ0v) is 19.0. The first-order chi connectivity index (χ1) is 15.7. The van der Waals surface area contributed by atoms with Gasteiger partial charge in [-0.25, -0.2) is 4.79 Å². The molecule has 1 aliphatic heterocycles. The van der Waals surface area contributed by atoms with Crippen LogP contribution >= 0.6 is 23.2 Å². The van der Waals surface area contributed by atoms with Gasteiger partial charge in [0.2, 0.25) is 0 Å². The number of carbonyl (C=O) groups is 1. The summed E-state index contributed by atoms with van der Waals surface area (Å²) in [6.45, 7) is 0.981. The lowest BCUT2D eigenvalue weighted by Crippen LogP contribution is -2.21. The van der Waals surface area contributed by atoms with E-state index >= 15 is 0 Å². The van der Waals surface area contributed by atoms with E-state index < -0.39 is 12.1 Å². The molecule has 10 heteroatoms. The molecule has 2 aromatic carbocycles. The molecule has 3 aromatic rings. The molecule has 1 aromatic heterocycles. The van der Waals surface area contributed by atoms with E-state index in [2.05, 4.69) is 39.0 Å². The van der Waals surface area contributed by atoms with Crippen molar-refractivity contribution in [2.45, 2.75) is 50.7 Å². The lowest BCUT2D eigenvalue weighted by molar-refractivity contribution is -0.192. The van der Waals surface area contributed by atoms with Gasteiger partial charge in [0.1, 0.15) is 11.6 Å². The summed E-state index contributed by atoms with van der Waals surface area (Å²) in [4.78, 5) is 8.90. The molecule has 0 bridgehead atoms. The van der Waals surface area contributed by atoms with Gasteiger partial charge in [0.05, 0.1) is 5.92 Å². The predicted octanol–water partition coefficient (Wildman–Crippen LogP) is 6.51. The van der Waals surface area contributed by atoms with Gasteiger partial charge in [-0.15, -0.1) is 10.2 Å². The van der Waals surface area contributed by atoms with Crippen LogP contribution in [0, 0.1) is 0 Å². The lowest BCUT2D eigenvalue weighted by Gasteiger charge is -2.21. The largest absolute Gasteiger partial charge is 0.490 e. The quantitative estimate of drug-likeness (QED) is 0.445. The van der Waals surface area contributed by atoms with Crippen LogP contribution in [0.2, 0.25) is 10.0 Å². The molecule has 33 heavy (non-hydrogen) atoms. The normalized spacial score (nSPS) is 14.0. The molecule has 176 valence electrons. The number of benzene rings is 2. The molecular weight excluding hydrogens is 478 g/mol. The third kappa shape index (κ3) is 6.71. The topological polar surface area (TPSA) is 68.0 Å². The van der Waals surface area contributed by atoms with Crippen molar-refractivity contribution in [1.29, 1.82) is 0 Å². The molecule has 1 aliphatic rings. The Morgan fingerprint density at radius 2 is 1.36 bits per heavy atom. The molecule has 0 saturated heterocycles. The molecule has 5 nitrogen and oxygen atoms in total. The van der Waals surface area contributed by atoms with E-state index in [-0.39, 0.29) is 5.92 Å². The molecule has 0 aliphatic carbocycles. The third-order valence-corrected chi connectivity index (χ3v) is 5.80. The average Bonchev–Trinajstić information content (AvgIpc) is 3.11. The Labute approximate surface area is 199 Å². The summed E-state index contributed by atoms with van der Waals surface area (Å²) >= 11 is 12.2. The van der Waals surface area contributed by atoms with Crippen molar-refractivity contribution in [3.05, 3.63) is 81.4 Å². The summed E-state index contributed by atoms with van der Waals surface area (Å²) in [5, 5.41) is 17.7. The minimum absolute atomic E-state index is 0.0187. The Bertz CT molecular complexity index is 1020. The van der Waals surface area contributed by atoms with Crippen LogP contribution in [-0.4, -0.2) is 32.0 Å². The van der Waals surface area contributed by atoms with Gasteiger partial charge in [-0.1, -0.05) is 60.3 Å². The van der Waals surface area contributed by atoms with E-state index in [0.717, 1.165) is 45.8 Å². The van der Waals surface area contributed by atoms with Crippen molar-refractivity contribution < 1.29 is 23.1 Å². The number of carboxylic acids is 1. The molecule has 4 rings (SSSR count). The average molecular weight is 500 g/mol. The number of hydrogen-bond donors (Lipinski definition) is 1. The third-order valence-electron chi connectivity index (χ3n) is 5.30. The zero-order chi connectivity index (χ0) is 24.0. The van der Waals surface area contributed by atoms with Gasteiger partial charge in [-0.2, -0.15) is 13.2 Å². The van der Waals surface area contributed by atoms with Gasteiger partial charge < -0.3 is 9.67 Å². The highest BCUT2D eigenvalue weighted by atomic mass is 35.5. The molecule has 0 amide bonds. The number of aromatic nitrogens is 3. The van der Waals surface area contributed by atoms with E-state index in [4.69, 9.17) is 33.1 Å². The Morgan fingerprint density at radius 3 is 1.85 bits per heavy atom. The summed E-state index contributed by atoms with van der Waals surface area (Å²) in [6.07, 6.45) is 0.821. The summed E-state index contributed by atoms with van der Waals surface area (Å²) < 4.78 is 34.1. The van der Waals surface area contributed by atoms with Gasteiger partial charge >= 0.3 is 12.1 Å². The van der Waals surface area contributed by atoms with Crippen LogP contribution in [-0.2, 0) is 17.8 Å². The number of aliphatic carboxylic acids is 1. The molecule has 0 unspecified atom stereocenters. The first-order valence-corrected chi connectivity index (χ1v) is 11.2. The molecule has 0 saturated carbocycles. The van der Waals surface area contributed by atoms with Crippen molar-refractivity contribution in [1.82, 2.24) is 14.8 Å².